The molecule has 1 aliphatic rings. The molecule has 2 aromatic heterocycles. The number of aromatic amines is 1. The van der Waals surface area contributed by atoms with E-state index in [9.17, 15) is 0 Å². The third kappa shape index (κ3) is 1.53. The monoisotopic (exact) mass is 218 g/mol. The fourth-order valence-corrected chi connectivity index (χ4v) is 2.10. The average molecular weight is 218 g/mol. The molecule has 84 valence electrons. The molecule has 0 radical (unpaired) electrons. The Morgan fingerprint density at radius 2 is 2.50 bits per heavy atom. The van der Waals surface area contributed by atoms with Crippen molar-refractivity contribution < 1.29 is 4.74 Å². The van der Waals surface area contributed by atoms with Gasteiger partial charge in [0.2, 0.25) is 0 Å². The van der Waals surface area contributed by atoms with Crippen molar-refractivity contribution >= 4 is 16.7 Å². The van der Waals surface area contributed by atoms with Gasteiger partial charge in [0, 0.05) is 24.7 Å². The van der Waals surface area contributed by atoms with E-state index < -0.39 is 0 Å². The number of rotatable bonds is 1. The predicted molar refractivity (Wildman–Crippen MR) is 61.5 cm³/mol. The van der Waals surface area contributed by atoms with E-state index >= 15 is 0 Å². The normalized spacial score (nSPS) is 21.6. The lowest BCUT2D eigenvalue weighted by Gasteiger charge is -2.31. The highest BCUT2D eigenvalue weighted by molar-refractivity contribution is 5.89. The summed E-state index contributed by atoms with van der Waals surface area (Å²) in [6.45, 7) is 4.64. The number of nitrogens with one attached hydrogen (secondary N) is 1. The fourth-order valence-electron chi connectivity index (χ4n) is 2.10. The molecule has 3 heterocycles. The Morgan fingerprint density at radius 1 is 1.56 bits per heavy atom. The molecule has 5 heteroatoms. The van der Waals surface area contributed by atoms with Gasteiger partial charge >= 0.3 is 0 Å². The highest BCUT2D eigenvalue weighted by Crippen LogP contribution is 2.24. The van der Waals surface area contributed by atoms with Gasteiger partial charge < -0.3 is 9.64 Å². The standard InChI is InChI=1S/C11H14N4O/c1-8-7-15(4-5-16-8)11-9-2-3-12-6-10(9)13-14-11/h2-3,6,8H,4-5,7H2,1H3,(H,13,14). The smallest absolute Gasteiger partial charge is 0.158 e. The first-order chi connectivity index (χ1) is 7.84. The number of ether oxygens (including phenoxy) is 1. The molecular formula is C11H14N4O. The highest BCUT2D eigenvalue weighted by Gasteiger charge is 2.20. The van der Waals surface area contributed by atoms with Crippen molar-refractivity contribution in [2.45, 2.75) is 13.0 Å². The molecule has 1 aliphatic heterocycles. The van der Waals surface area contributed by atoms with E-state index in [1.165, 1.54) is 0 Å². The van der Waals surface area contributed by atoms with Gasteiger partial charge in [-0.25, -0.2) is 0 Å². The average Bonchev–Trinajstić information content (AvgIpc) is 2.72. The zero-order valence-corrected chi connectivity index (χ0v) is 9.18. The highest BCUT2D eigenvalue weighted by atomic mass is 16.5. The maximum absolute atomic E-state index is 5.53. The number of morpholine rings is 1. The third-order valence-electron chi connectivity index (χ3n) is 2.88. The molecule has 0 aliphatic carbocycles. The van der Waals surface area contributed by atoms with E-state index in [1.54, 1.807) is 12.4 Å². The number of pyridine rings is 1. The predicted octanol–water partition coefficient (Wildman–Crippen LogP) is 1.18. The summed E-state index contributed by atoms with van der Waals surface area (Å²) >= 11 is 0. The van der Waals surface area contributed by atoms with Crippen LogP contribution in [0.25, 0.3) is 10.9 Å². The van der Waals surface area contributed by atoms with E-state index in [0.717, 1.165) is 36.4 Å². The molecule has 0 saturated carbocycles. The van der Waals surface area contributed by atoms with Crippen LogP contribution in [-0.2, 0) is 4.74 Å². The first-order valence-electron chi connectivity index (χ1n) is 5.49. The number of anilines is 1. The van der Waals surface area contributed by atoms with Crippen LogP contribution < -0.4 is 4.90 Å². The van der Waals surface area contributed by atoms with Crippen molar-refractivity contribution in [2.24, 2.45) is 0 Å². The summed E-state index contributed by atoms with van der Waals surface area (Å²) in [5.41, 5.74) is 0.983. The van der Waals surface area contributed by atoms with Crippen LogP contribution in [-0.4, -0.2) is 41.0 Å². The minimum atomic E-state index is 0.266. The molecule has 0 spiro atoms. The maximum Gasteiger partial charge on any atom is 0.158 e. The molecule has 1 fully saturated rings. The lowest BCUT2D eigenvalue weighted by molar-refractivity contribution is 0.0530. The Kier molecular flexibility index (Phi) is 2.25. The Bertz CT molecular complexity index is 495. The van der Waals surface area contributed by atoms with Gasteiger partial charge in [0.05, 0.1) is 24.4 Å². The molecule has 1 N–H and O–H groups in total. The van der Waals surface area contributed by atoms with E-state index in [-0.39, 0.29) is 6.10 Å². The Morgan fingerprint density at radius 3 is 3.38 bits per heavy atom. The van der Waals surface area contributed by atoms with Crippen molar-refractivity contribution in [2.75, 3.05) is 24.6 Å². The van der Waals surface area contributed by atoms with Crippen molar-refractivity contribution in [3.8, 4) is 0 Å². The SMILES string of the molecule is CC1CN(c2n[nH]c3cnccc23)CCO1. The van der Waals surface area contributed by atoms with Gasteiger partial charge in [0.15, 0.2) is 5.82 Å². The molecule has 1 atom stereocenters. The Labute approximate surface area is 93.4 Å². The van der Waals surface area contributed by atoms with E-state index in [1.807, 2.05) is 6.07 Å². The van der Waals surface area contributed by atoms with Crippen LogP contribution in [0.4, 0.5) is 5.82 Å². The van der Waals surface area contributed by atoms with Crippen LogP contribution in [0, 0.1) is 0 Å². The fraction of sp³-hybridized carbons (Fsp3) is 0.455. The summed E-state index contributed by atoms with van der Waals surface area (Å²) in [5, 5.41) is 8.49. The lowest BCUT2D eigenvalue weighted by Crippen LogP contribution is -2.41. The second-order valence-corrected chi connectivity index (χ2v) is 4.10. The molecule has 5 nitrogen and oxygen atoms in total. The zero-order valence-electron chi connectivity index (χ0n) is 9.18. The van der Waals surface area contributed by atoms with Gasteiger partial charge in [0.25, 0.3) is 0 Å². The summed E-state index contributed by atoms with van der Waals surface area (Å²) < 4.78 is 5.53. The van der Waals surface area contributed by atoms with Crippen LogP contribution in [0.2, 0.25) is 0 Å². The summed E-state index contributed by atoms with van der Waals surface area (Å²) in [6, 6.07) is 1.99. The largest absolute Gasteiger partial charge is 0.375 e. The molecule has 16 heavy (non-hydrogen) atoms. The minimum Gasteiger partial charge on any atom is -0.375 e. The first kappa shape index (κ1) is 9.59. The van der Waals surface area contributed by atoms with Gasteiger partial charge in [-0.05, 0) is 13.0 Å². The topological polar surface area (TPSA) is 54.0 Å². The third-order valence-corrected chi connectivity index (χ3v) is 2.88. The van der Waals surface area contributed by atoms with Crippen molar-refractivity contribution in [1.29, 1.82) is 0 Å². The summed E-state index contributed by atoms with van der Waals surface area (Å²) in [5.74, 6) is 1.01. The summed E-state index contributed by atoms with van der Waals surface area (Å²) in [6.07, 6.45) is 3.86. The van der Waals surface area contributed by atoms with Crippen LogP contribution in [0.1, 0.15) is 6.92 Å². The summed E-state index contributed by atoms with van der Waals surface area (Å²) in [4.78, 5) is 6.33. The molecule has 1 unspecified atom stereocenters. The van der Waals surface area contributed by atoms with Gasteiger partial charge in [-0.1, -0.05) is 0 Å². The van der Waals surface area contributed by atoms with E-state index in [4.69, 9.17) is 4.74 Å². The van der Waals surface area contributed by atoms with E-state index in [2.05, 4.69) is 27.0 Å². The van der Waals surface area contributed by atoms with Gasteiger partial charge in [-0.2, -0.15) is 5.10 Å². The molecule has 1 saturated heterocycles. The van der Waals surface area contributed by atoms with Gasteiger partial charge in [-0.3, -0.25) is 10.1 Å². The van der Waals surface area contributed by atoms with Crippen LogP contribution >= 0.6 is 0 Å². The molecule has 0 aromatic carbocycles. The van der Waals surface area contributed by atoms with Crippen molar-refractivity contribution in [3.05, 3.63) is 18.5 Å². The van der Waals surface area contributed by atoms with Crippen molar-refractivity contribution in [1.82, 2.24) is 15.2 Å². The second kappa shape index (κ2) is 3.75. The number of aromatic nitrogens is 3. The quantitative estimate of drug-likeness (QED) is 0.781. The minimum absolute atomic E-state index is 0.266. The Balaban J connectivity index is 1.99. The van der Waals surface area contributed by atoms with E-state index in [0.29, 0.717) is 0 Å². The summed E-state index contributed by atoms with van der Waals surface area (Å²) in [7, 11) is 0. The first-order valence-corrected chi connectivity index (χ1v) is 5.49. The number of fused-ring (bicyclic) bond motifs is 1. The maximum atomic E-state index is 5.53. The molecule has 3 rings (SSSR count). The molecule has 2 aromatic rings. The Hall–Kier alpha value is -1.62. The molecule has 0 amide bonds. The zero-order chi connectivity index (χ0) is 11.0. The van der Waals surface area contributed by atoms with Gasteiger partial charge in [-0.15, -0.1) is 0 Å². The van der Waals surface area contributed by atoms with Crippen LogP contribution in [0.3, 0.4) is 0 Å². The lowest BCUT2D eigenvalue weighted by atomic mass is 10.2. The second-order valence-electron chi connectivity index (χ2n) is 4.10. The van der Waals surface area contributed by atoms with Crippen LogP contribution in [0.5, 0.6) is 0 Å². The number of H-pyrrole nitrogens is 1. The number of hydrogen-bond acceptors (Lipinski definition) is 4. The molecule has 0 bridgehead atoms. The number of hydrogen-bond donors (Lipinski definition) is 1. The molecular weight excluding hydrogens is 204 g/mol. The van der Waals surface area contributed by atoms with Crippen molar-refractivity contribution in [3.63, 3.8) is 0 Å². The van der Waals surface area contributed by atoms with Gasteiger partial charge in [0.1, 0.15) is 0 Å². The van der Waals surface area contributed by atoms with Crippen LogP contribution in [0.15, 0.2) is 18.5 Å². The number of nitrogens with zero attached hydrogens (tertiary/aromatic N) is 3.